The van der Waals surface area contributed by atoms with Crippen molar-refractivity contribution in [2.24, 2.45) is 4.99 Å². The van der Waals surface area contributed by atoms with E-state index >= 15 is 0 Å². The molecule has 2 heterocycles. The Morgan fingerprint density at radius 3 is 2.76 bits per heavy atom. The molecule has 0 atom stereocenters. The Bertz CT molecular complexity index is 1190. The summed E-state index contributed by atoms with van der Waals surface area (Å²) >= 11 is 5.30. The SMILES string of the molecule is Cc1ccc(-c2ccc(/C=N/c3sc4c(c3C(=O)NC3CCCCC3)CCCC4)o2)c(Br)c1. The Labute approximate surface area is 207 Å². The zero-order valence-electron chi connectivity index (χ0n) is 19.0. The number of benzene rings is 1. The number of thiophene rings is 1. The highest BCUT2D eigenvalue weighted by atomic mass is 79.9. The molecule has 1 saturated carbocycles. The fraction of sp³-hybridized carbons (Fsp3) is 0.407. The van der Waals surface area contributed by atoms with Crippen molar-refractivity contribution in [1.82, 2.24) is 5.32 Å². The van der Waals surface area contributed by atoms with E-state index in [2.05, 4.69) is 46.4 Å². The summed E-state index contributed by atoms with van der Waals surface area (Å²) in [6.07, 6.45) is 12.0. The molecule has 5 rings (SSSR count). The largest absolute Gasteiger partial charge is 0.455 e. The molecule has 2 aliphatic rings. The van der Waals surface area contributed by atoms with Crippen molar-refractivity contribution in [2.75, 3.05) is 0 Å². The average Bonchev–Trinajstić information content (AvgIpc) is 3.43. The fourth-order valence-electron chi connectivity index (χ4n) is 4.89. The smallest absolute Gasteiger partial charge is 0.254 e. The highest BCUT2D eigenvalue weighted by molar-refractivity contribution is 9.10. The molecule has 1 N–H and O–H groups in total. The fourth-order valence-corrected chi connectivity index (χ4v) is 6.81. The third-order valence-corrected chi connectivity index (χ3v) is 8.50. The van der Waals surface area contributed by atoms with Crippen molar-refractivity contribution < 1.29 is 9.21 Å². The highest BCUT2D eigenvalue weighted by Crippen LogP contribution is 2.40. The number of nitrogens with one attached hydrogen (secondary N) is 1. The maximum atomic E-state index is 13.3. The number of carbonyl (C=O) groups is 1. The predicted molar refractivity (Wildman–Crippen MR) is 139 cm³/mol. The van der Waals surface area contributed by atoms with E-state index in [1.807, 2.05) is 12.1 Å². The Hall–Kier alpha value is -2.18. The van der Waals surface area contributed by atoms with E-state index in [4.69, 9.17) is 9.41 Å². The normalized spacial score (nSPS) is 16.8. The first kappa shape index (κ1) is 22.6. The number of hydrogen-bond acceptors (Lipinski definition) is 4. The van der Waals surface area contributed by atoms with Crippen molar-refractivity contribution in [3.63, 3.8) is 0 Å². The molecule has 4 nitrogen and oxygen atoms in total. The van der Waals surface area contributed by atoms with Gasteiger partial charge in [0, 0.05) is 21.0 Å². The molecule has 0 saturated heterocycles. The van der Waals surface area contributed by atoms with Crippen LogP contribution >= 0.6 is 27.3 Å². The van der Waals surface area contributed by atoms with Gasteiger partial charge in [-0.3, -0.25) is 4.79 Å². The van der Waals surface area contributed by atoms with Crippen LogP contribution in [-0.2, 0) is 12.8 Å². The Balaban J connectivity index is 1.40. The van der Waals surface area contributed by atoms with Gasteiger partial charge < -0.3 is 9.73 Å². The van der Waals surface area contributed by atoms with Gasteiger partial charge in [0.1, 0.15) is 16.5 Å². The van der Waals surface area contributed by atoms with E-state index in [9.17, 15) is 4.79 Å². The summed E-state index contributed by atoms with van der Waals surface area (Å²) in [7, 11) is 0. The van der Waals surface area contributed by atoms with E-state index in [-0.39, 0.29) is 5.91 Å². The van der Waals surface area contributed by atoms with Gasteiger partial charge in [0.2, 0.25) is 0 Å². The zero-order valence-corrected chi connectivity index (χ0v) is 21.4. The topological polar surface area (TPSA) is 54.6 Å². The van der Waals surface area contributed by atoms with Crippen molar-refractivity contribution >= 4 is 44.4 Å². The molecule has 0 radical (unpaired) electrons. The number of fused-ring (bicyclic) bond motifs is 1. The van der Waals surface area contributed by atoms with Crippen LogP contribution in [0.4, 0.5) is 5.00 Å². The van der Waals surface area contributed by atoms with Gasteiger partial charge in [0.25, 0.3) is 5.91 Å². The second-order valence-electron chi connectivity index (χ2n) is 9.14. The van der Waals surface area contributed by atoms with E-state index in [1.54, 1.807) is 17.6 Å². The van der Waals surface area contributed by atoms with Crippen LogP contribution in [0.1, 0.15) is 77.1 Å². The number of halogens is 1. The summed E-state index contributed by atoms with van der Waals surface area (Å²) in [6, 6.07) is 10.4. The molecule has 0 bridgehead atoms. The van der Waals surface area contributed by atoms with E-state index in [0.29, 0.717) is 11.8 Å². The van der Waals surface area contributed by atoms with E-state index < -0.39 is 0 Å². The third kappa shape index (κ3) is 5.02. The van der Waals surface area contributed by atoms with Gasteiger partial charge in [0.15, 0.2) is 0 Å². The lowest BCUT2D eigenvalue weighted by molar-refractivity contribution is 0.0927. The van der Waals surface area contributed by atoms with E-state index in [0.717, 1.165) is 58.5 Å². The maximum absolute atomic E-state index is 13.3. The minimum Gasteiger partial charge on any atom is -0.455 e. The molecule has 1 fully saturated rings. The summed E-state index contributed by atoms with van der Waals surface area (Å²) in [4.78, 5) is 19.4. The number of amides is 1. The lowest BCUT2D eigenvalue weighted by atomic mass is 9.93. The Morgan fingerprint density at radius 2 is 1.94 bits per heavy atom. The number of nitrogens with zero attached hydrogens (tertiary/aromatic N) is 1. The van der Waals surface area contributed by atoms with Crippen LogP contribution in [0.25, 0.3) is 11.3 Å². The van der Waals surface area contributed by atoms with Crippen LogP contribution in [0.2, 0.25) is 0 Å². The molecule has 0 aliphatic heterocycles. The van der Waals surface area contributed by atoms with Crippen molar-refractivity contribution in [3.8, 4) is 11.3 Å². The van der Waals surface area contributed by atoms with Gasteiger partial charge in [-0.15, -0.1) is 11.3 Å². The molecule has 0 unspecified atom stereocenters. The molecule has 1 aromatic carbocycles. The number of furan rings is 1. The Kier molecular flexibility index (Phi) is 6.84. The average molecular weight is 526 g/mol. The molecule has 172 valence electrons. The van der Waals surface area contributed by atoms with Gasteiger partial charge in [-0.1, -0.05) is 41.3 Å². The molecule has 2 aromatic heterocycles. The van der Waals surface area contributed by atoms with Crippen LogP contribution in [0, 0.1) is 6.92 Å². The van der Waals surface area contributed by atoms with Gasteiger partial charge in [-0.25, -0.2) is 4.99 Å². The Morgan fingerprint density at radius 1 is 1.12 bits per heavy atom. The molecule has 2 aliphatic carbocycles. The van der Waals surface area contributed by atoms with Crippen LogP contribution in [0.5, 0.6) is 0 Å². The van der Waals surface area contributed by atoms with Gasteiger partial charge in [-0.05, 0) is 80.8 Å². The quantitative estimate of drug-likeness (QED) is 0.346. The minimum atomic E-state index is 0.0529. The number of aryl methyl sites for hydroxylation is 2. The van der Waals surface area contributed by atoms with E-state index in [1.165, 1.54) is 41.7 Å². The van der Waals surface area contributed by atoms with Crippen LogP contribution in [-0.4, -0.2) is 18.2 Å². The zero-order chi connectivity index (χ0) is 22.8. The maximum Gasteiger partial charge on any atom is 0.254 e. The molecule has 6 heteroatoms. The van der Waals surface area contributed by atoms with Gasteiger partial charge >= 0.3 is 0 Å². The number of hydrogen-bond donors (Lipinski definition) is 1. The van der Waals surface area contributed by atoms with Crippen molar-refractivity contribution in [1.29, 1.82) is 0 Å². The van der Waals surface area contributed by atoms with Gasteiger partial charge in [0.05, 0.1) is 11.8 Å². The second kappa shape index (κ2) is 9.98. The number of rotatable bonds is 5. The van der Waals surface area contributed by atoms with Gasteiger partial charge in [-0.2, -0.15) is 0 Å². The highest BCUT2D eigenvalue weighted by Gasteiger charge is 2.27. The summed E-state index contributed by atoms with van der Waals surface area (Å²) in [5.74, 6) is 1.53. The van der Waals surface area contributed by atoms with Crippen molar-refractivity contribution in [3.05, 3.63) is 62.1 Å². The molecule has 3 aromatic rings. The lowest BCUT2D eigenvalue weighted by Gasteiger charge is -2.23. The second-order valence-corrected chi connectivity index (χ2v) is 11.1. The van der Waals surface area contributed by atoms with Crippen LogP contribution < -0.4 is 5.32 Å². The van der Waals surface area contributed by atoms with Crippen molar-refractivity contribution in [2.45, 2.75) is 70.8 Å². The first-order valence-corrected chi connectivity index (χ1v) is 13.6. The summed E-state index contributed by atoms with van der Waals surface area (Å²) in [6.45, 7) is 2.07. The standard InChI is InChI=1S/C27H29BrN2O2S/c1-17-11-13-20(22(28)15-17)23-14-12-19(32-23)16-29-27-25(21-9-5-6-10-24(21)33-27)26(31)30-18-7-3-2-4-8-18/h11-16,18H,2-10H2,1H3,(H,30,31)/b29-16+. The molecule has 1 amide bonds. The molecular weight excluding hydrogens is 496 g/mol. The summed E-state index contributed by atoms with van der Waals surface area (Å²) in [5.41, 5.74) is 4.22. The lowest BCUT2D eigenvalue weighted by Crippen LogP contribution is -2.36. The molecular formula is C27H29BrN2O2S. The number of aliphatic imine (C=N–C) groups is 1. The first-order chi connectivity index (χ1) is 16.1. The monoisotopic (exact) mass is 524 g/mol. The third-order valence-electron chi connectivity index (χ3n) is 6.65. The summed E-state index contributed by atoms with van der Waals surface area (Å²) < 4.78 is 7.07. The minimum absolute atomic E-state index is 0.0529. The predicted octanol–water partition coefficient (Wildman–Crippen LogP) is 7.77. The number of carbonyl (C=O) groups excluding carboxylic acids is 1. The molecule has 33 heavy (non-hydrogen) atoms. The van der Waals surface area contributed by atoms with Crippen LogP contribution in [0.3, 0.4) is 0 Å². The first-order valence-electron chi connectivity index (χ1n) is 11.9. The van der Waals surface area contributed by atoms with Crippen LogP contribution in [0.15, 0.2) is 44.2 Å². The summed E-state index contributed by atoms with van der Waals surface area (Å²) in [5, 5.41) is 4.12. The molecule has 0 spiro atoms.